The molecule has 0 saturated carbocycles. The average Bonchev–Trinajstić information content (AvgIpc) is 2.91. The molecule has 2 N–H and O–H groups in total. The van der Waals surface area contributed by atoms with Gasteiger partial charge >= 0.3 is 11.7 Å². The molecule has 0 spiro atoms. The fraction of sp³-hybridized carbons (Fsp3) is 0.615. The Morgan fingerprint density at radius 2 is 2.32 bits per heavy atom. The third-order valence-corrected chi connectivity index (χ3v) is 4.79. The number of ether oxygens (including phenoxy) is 2. The summed E-state index contributed by atoms with van der Waals surface area (Å²) in [4.78, 5) is 36.7. The van der Waals surface area contributed by atoms with Gasteiger partial charge in [0.2, 0.25) is 0 Å². The highest BCUT2D eigenvalue weighted by atomic mass is 32.2. The number of hydrogen-bond donors (Lipinski definition) is 2. The van der Waals surface area contributed by atoms with Crippen molar-refractivity contribution in [2.45, 2.75) is 30.9 Å². The Hall–Kier alpha value is -1.58. The van der Waals surface area contributed by atoms with E-state index >= 15 is 0 Å². The molecule has 22 heavy (non-hydrogen) atoms. The van der Waals surface area contributed by atoms with Crippen LogP contribution in [0.4, 0.5) is 0 Å². The lowest BCUT2D eigenvalue weighted by Crippen LogP contribution is -2.33. The molecular weight excluding hydrogens is 312 g/mol. The molecule has 3 atom stereocenters. The molecule has 1 aliphatic heterocycles. The van der Waals surface area contributed by atoms with Crippen molar-refractivity contribution >= 4 is 17.7 Å². The van der Waals surface area contributed by atoms with E-state index < -0.39 is 23.6 Å². The number of nitrogens with one attached hydrogen (secondary N) is 1. The van der Waals surface area contributed by atoms with Crippen molar-refractivity contribution in [1.29, 1.82) is 0 Å². The van der Waals surface area contributed by atoms with Gasteiger partial charge in [0, 0.05) is 23.4 Å². The molecule has 0 unspecified atom stereocenters. The van der Waals surface area contributed by atoms with E-state index in [-0.39, 0.29) is 23.6 Å². The predicted octanol–water partition coefficient (Wildman–Crippen LogP) is -0.600. The second-order valence-electron chi connectivity index (χ2n) is 4.95. The molecule has 0 aliphatic carbocycles. The van der Waals surface area contributed by atoms with E-state index in [1.807, 2.05) is 0 Å². The highest BCUT2D eigenvalue weighted by molar-refractivity contribution is 8.00. The van der Waals surface area contributed by atoms with Gasteiger partial charge in [-0.3, -0.25) is 19.1 Å². The summed E-state index contributed by atoms with van der Waals surface area (Å²) in [5, 5.41) is 9.25. The minimum Gasteiger partial charge on any atom is -0.468 e. The highest BCUT2D eigenvalue weighted by Gasteiger charge is 2.37. The molecule has 1 saturated heterocycles. The van der Waals surface area contributed by atoms with Gasteiger partial charge in [-0.25, -0.2) is 4.79 Å². The second-order valence-corrected chi connectivity index (χ2v) is 6.18. The number of carbonyl (C=O) groups excluding carboxylic acids is 1. The van der Waals surface area contributed by atoms with Crippen molar-refractivity contribution in [3.63, 3.8) is 0 Å². The number of thioether (sulfide) groups is 1. The number of aliphatic hydroxyl groups excluding tert-OH is 1. The third-order valence-electron chi connectivity index (χ3n) is 3.46. The van der Waals surface area contributed by atoms with Gasteiger partial charge in [-0.05, 0) is 6.92 Å². The molecule has 122 valence electrons. The molecule has 0 aromatic carbocycles. The predicted molar refractivity (Wildman–Crippen MR) is 79.9 cm³/mol. The van der Waals surface area contributed by atoms with Gasteiger partial charge in [-0.2, -0.15) is 0 Å². The van der Waals surface area contributed by atoms with Crippen LogP contribution in [0.15, 0.2) is 15.8 Å². The standard InChI is InChI=1S/C13H18N2O6S/c1-7-4-15(13(19)14-12(7)18)10-3-9(8(5-16)21-10)22-6-11(17)20-2/h4,8-10,16H,3,5-6H2,1-2H3,(H,14,18,19)/t8-,9+,10-/m1/s1. The molecule has 2 rings (SSSR count). The summed E-state index contributed by atoms with van der Waals surface area (Å²) >= 11 is 1.31. The lowest BCUT2D eigenvalue weighted by atomic mass is 10.2. The number of carbonyl (C=O) groups is 1. The van der Waals surface area contributed by atoms with Crippen LogP contribution in [0, 0.1) is 6.92 Å². The molecule has 0 bridgehead atoms. The van der Waals surface area contributed by atoms with Crippen LogP contribution in [0.2, 0.25) is 0 Å². The normalized spacial score (nSPS) is 24.4. The SMILES string of the molecule is COC(=O)CS[C@H]1C[C@H](n2cc(C)c(=O)[nH]c2=O)O[C@@H]1CO. The monoisotopic (exact) mass is 330 g/mol. The number of aliphatic hydroxyl groups is 1. The summed E-state index contributed by atoms with van der Waals surface area (Å²) in [6.45, 7) is 1.38. The minimum absolute atomic E-state index is 0.145. The van der Waals surface area contributed by atoms with Crippen LogP contribution in [0.3, 0.4) is 0 Å². The van der Waals surface area contributed by atoms with E-state index in [2.05, 4.69) is 9.72 Å². The summed E-state index contributed by atoms with van der Waals surface area (Å²) in [7, 11) is 1.31. The quantitative estimate of drug-likeness (QED) is 0.694. The number of rotatable bonds is 5. The highest BCUT2D eigenvalue weighted by Crippen LogP contribution is 2.35. The number of aromatic nitrogens is 2. The molecule has 0 amide bonds. The van der Waals surface area contributed by atoms with Gasteiger partial charge in [0.1, 0.15) is 6.23 Å². The number of H-pyrrole nitrogens is 1. The first kappa shape index (κ1) is 16.8. The molecule has 8 nitrogen and oxygen atoms in total. The van der Waals surface area contributed by atoms with Crippen molar-refractivity contribution in [3.05, 3.63) is 32.6 Å². The van der Waals surface area contributed by atoms with E-state index in [9.17, 15) is 19.5 Å². The van der Waals surface area contributed by atoms with Crippen LogP contribution >= 0.6 is 11.8 Å². The maximum atomic E-state index is 11.9. The first-order chi connectivity index (χ1) is 10.5. The largest absolute Gasteiger partial charge is 0.468 e. The maximum Gasteiger partial charge on any atom is 0.330 e. The Morgan fingerprint density at radius 1 is 1.59 bits per heavy atom. The van der Waals surface area contributed by atoms with E-state index in [0.717, 1.165) is 0 Å². The van der Waals surface area contributed by atoms with Crippen molar-refractivity contribution in [1.82, 2.24) is 9.55 Å². The molecule has 1 aromatic heterocycles. The van der Waals surface area contributed by atoms with E-state index in [0.29, 0.717) is 12.0 Å². The van der Waals surface area contributed by atoms with Gasteiger partial charge in [-0.15, -0.1) is 11.8 Å². The zero-order valence-electron chi connectivity index (χ0n) is 12.3. The van der Waals surface area contributed by atoms with Crippen LogP contribution < -0.4 is 11.2 Å². The Morgan fingerprint density at radius 3 is 2.95 bits per heavy atom. The van der Waals surface area contributed by atoms with Gasteiger partial charge in [-0.1, -0.05) is 0 Å². The van der Waals surface area contributed by atoms with E-state index in [1.165, 1.54) is 29.6 Å². The summed E-state index contributed by atoms with van der Waals surface area (Å²) in [6, 6.07) is 0. The third kappa shape index (κ3) is 3.60. The summed E-state index contributed by atoms with van der Waals surface area (Å²) in [5.41, 5.74) is -0.597. The zero-order valence-corrected chi connectivity index (χ0v) is 13.1. The Balaban J connectivity index is 2.14. The molecule has 0 radical (unpaired) electrons. The molecule has 9 heteroatoms. The first-order valence-corrected chi connectivity index (χ1v) is 7.78. The van der Waals surface area contributed by atoms with E-state index in [1.54, 1.807) is 6.92 Å². The molecule has 1 fully saturated rings. The number of aromatic amines is 1. The number of esters is 1. The molecule has 2 heterocycles. The van der Waals surface area contributed by atoms with Crippen LogP contribution in [0.5, 0.6) is 0 Å². The minimum atomic E-state index is -0.588. The first-order valence-electron chi connectivity index (χ1n) is 6.73. The van der Waals surface area contributed by atoms with Gasteiger partial charge in [0.15, 0.2) is 0 Å². The number of nitrogens with zero attached hydrogens (tertiary/aromatic N) is 1. The topological polar surface area (TPSA) is 111 Å². The number of methoxy groups -OCH3 is 1. The van der Waals surface area contributed by atoms with Crippen LogP contribution in [-0.4, -0.2) is 51.5 Å². The fourth-order valence-electron chi connectivity index (χ4n) is 2.24. The van der Waals surface area contributed by atoms with Crippen molar-refractivity contribution in [3.8, 4) is 0 Å². The Bertz CT molecular complexity index is 655. The van der Waals surface area contributed by atoms with Gasteiger partial charge in [0.05, 0.1) is 25.6 Å². The van der Waals surface area contributed by atoms with Crippen molar-refractivity contribution < 1.29 is 19.4 Å². The van der Waals surface area contributed by atoms with Gasteiger partial charge < -0.3 is 14.6 Å². The maximum absolute atomic E-state index is 11.9. The fourth-order valence-corrected chi connectivity index (χ4v) is 3.38. The lowest BCUT2D eigenvalue weighted by molar-refractivity contribution is -0.137. The summed E-state index contributed by atoms with van der Waals surface area (Å²) in [6.07, 6.45) is 0.806. The van der Waals surface area contributed by atoms with Crippen LogP contribution in [0.1, 0.15) is 18.2 Å². The van der Waals surface area contributed by atoms with Crippen LogP contribution in [-0.2, 0) is 14.3 Å². The van der Waals surface area contributed by atoms with Crippen molar-refractivity contribution in [2.24, 2.45) is 0 Å². The Kier molecular flexibility index (Phi) is 5.43. The average molecular weight is 330 g/mol. The number of aryl methyl sites for hydroxylation is 1. The zero-order chi connectivity index (χ0) is 16.3. The second kappa shape index (κ2) is 7.12. The van der Waals surface area contributed by atoms with Gasteiger partial charge in [0.25, 0.3) is 5.56 Å². The Labute approximate surface area is 130 Å². The molecule has 1 aliphatic rings. The van der Waals surface area contributed by atoms with Crippen molar-refractivity contribution in [2.75, 3.05) is 19.5 Å². The van der Waals surface area contributed by atoms with E-state index in [4.69, 9.17) is 4.74 Å². The van der Waals surface area contributed by atoms with Crippen LogP contribution in [0.25, 0.3) is 0 Å². The summed E-state index contributed by atoms with van der Waals surface area (Å²) in [5.74, 6) is -0.213. The lowest BCUT2D eigenvalue weighted by Gasteiger charge is -2.15. The number of hydrogen-bond acceptors (Lipinski definition) is 7. The molecular formula is C13H18N2O6S. The summed E-state index contributed by atoms with van der Waals surface area (Å²) < 4.78 is 11.6. The smallest absolute Gasteiger partial charge is 0.330 e. The molecule has 1 aromatic rings.